The van der Waals surface area contributed by atoms with Gasteiger partial charge in [-0.25, -0.2) is 0 Å². The Morgan fingerprint density at radius 1 is 1.18 bits per heavy atom. The van der Waals surface area contributed by atoms with Gasteiger partial charge in [0.05, 0.1) is 24.3 Å². The summed E-state index contributed by atoms with van der Waals surface area (Å²) in [6.07, 6.45) is 2.31. The molecule has 2 fully saturated rings. The molecule has 4 rings (SSSR count). The van der Waals surface area contributed by atoms with E-state index in [1.165, 1.54) is 12.1 Å². The number of rotatable bonds is 4. The Bertz CT molecular complexity index is 839. The van der Waals surface area contributed by atoms with E-state index in [2.05, 4.69) is 11.9 Å². The Hall–Kier alpha value is -1.66. The summed E-state index contributed by atoms with van der Waals surface area (Å²) in [7, 11) is 0. The second kappa shape index (κ2) is 7.30. The maximum atomic E-state index is 13.2. The summed E-state index contributed by atoms with van der Waals surface area (Å²) < 4.78 is 44.8. The summed E-state index contributed by atoms with van der Waals surface area (Å²) in [5.41, 5.74) is 7.71. The fraction of sp³-hybridized carbons (Fsp3) is 0.591. The first-order chi connectivity index (χ1) is 13.3. The summed E-state index contributed by atoms with van der Waals surface area (Å²) in [5.74, 6) is 0.743. The molecule has 28 heavy (non-hydrogen) atoms. The molecule has 2 heterocycles. The van der Waals surface area contributed by atoms with E-state index >= 15 is 0 Å². The van der Waals surface area contributed by atoms with E-state index in [0.29, 0.717) is 16.8 Å². The molecule has 0 spiro atoms. The molecule has 1 aliphatic carbocycles. The molecule has 1 aromatic heterocycles. The number of hydrogen-bond acceptors (Lipinski definition) is 3. The van der Waals surface area contributed by atoms with Gasteiger partial charge in [-0.15, -0.1) is 0 Å². The van der Waals surface area contributed by atoms with Gasteiger partial charge in [0.15, 0.2) is 0 Å². The Kier molecular flexibility index (Phi) is 5.12. The fourth-order valence-electron chi connectivity index (χ4n) is 4.86. The van der Waals surface area contributed by atoms with Crippen LogP contribution >= 0.6 is 0 Å². The van der Waals surface area contributed by atoms with Crippen molar-refractivity contribution in [3.63, 3.8) is 0 Å². The van der Waals surface area contributed by atoms with Gasteiger partial charge in [-0.05, 0) is 73.8 Å². The minimum absolute atomic E-state index is 0.167. The average Bonchev–Trinajstić information content (AvgIpc) is 2.65. The van der Waals surface area contributed by atoms with Gasteiger partial charge >= 0.3 is 6.18 Å². The number of hydrogen-bond donors (Lipinski definition) is 1. The molecule has 1 aromatic carbocycles. The third-order valence-electron chi connectivity index (χ3n) is 6.55. The Morgan fingerprint density at radius 2 is 1.89 bits per heavy atom. The molecule has 1 aliphatic heterocycles. The molecule has 1 unspecified atom stereocenters. The van der Waals surface area contributed by atoms with E-state index in [0.717, 1.165) is 56.9 Å². The highest BCUT2D eigenvalue weighted by Gasteiger charge is 2.38. The Labute approximate surface area is 163 Å². The lowest BCUT2D eigenvalue weighted by atomic mass is 9.71. The number of nitrogens with zero attached hydrogens (tertiary/aromatic N) is 1. The first-order valence-electron chi connectivity index (χ1n) is 10.0. The SMILES string of the molecule is CC1(CC(N)C2CCC(c3ccnc4ccc(C(F)(F)F)cc34)CC2)COC1. The van der Waals surface area contributed by atoms with Gasteiger partial charge in [0, 0.05) is 23.0 Å². The van der Waals surface area contributed by atoms with Crippen molar-refractivity contribution in [2.75, 3.05) is 13.2 Å². The number of alkyl halides is 3. The van der Waals surface area contributed by atoms with Crippen LogP contribution in [0.4, 0.5) is 13.2 Å². The standard InChI is InChI=1S/C22H27F3N2O/c1-21(12-28-13-21)11-19(26)15-4-2-14(3-5-15)17-8-9-27-20-7-6-16(10-18(17)20)22(23,24)25/h6-10,14-15,19H,2-5,11-13,26H2,1H3. The Morgan fingerprint density at radius 3 is 2.50 bits per heavy atom. The zero-order valence-electron chi connectivity index (χ0n) is 16.1. The van der Waals surface area contributed by atoms with Gasteiger partial charge in [0.25, 0.3) is 0 Å². The molecule has 2 aromatic rings. The van der Waals surface area contributed by atoms with Crippen LogP contribution in [0, 0.1) is 11.3 Å². The number of nitrogens with two attached hydrogens (primary N) is 1. The number of ether oxygens (including phenoxy) is 1. The predicted octanol–water partition coefficient (Wildman–Crippen LogP) is 5.28. The van der Waals surface area contributed by atoms with Crippen LogP contribution in [0.2, 0.25) is 0 Å². The molecule has 0 bridgehead atoms. The van der Waals surface area contributed by atoms with E-state index in [9.17, 15) is 13.2 Å². The number of halogens is 3. The molecule has 1 atom stereocenters. The van der Waals surface area contributed by atoms with E-state index in [1.54, 1.807) is 6.20 Å². The van der Waals surface area contributed by atoms with Gasteiger partial charge in [-0.2, -0.15) is 13.2 Å². The van der Waals surface area contributed by atoms with Crippen LogP contribution in [-0.2, 0) is 10.9 Å². The van der Waals surface area contributed by atoms with Crippen LogP contribution in [0.25, 0.3) is 10.9 Å². The van der Waals surface area contributed by atoms with Gasteiger partial charge in [-0.3, -0.25) is 4.98 Å². The minimum atomic E-state index is -4.34. The summed E-state index contributed by atoms with van der Waals surface area (Å²) in [5, 5.41) is 0.629. The first-order valence-corrected chi connectivity index (χ1v) is 10.0. The zero-order valence-corrected chi connectivity index (χ0v) is 16.1. The van der Waals surface area contributed by atoms with Gasteiger partial charge < -0.3 is 10.5 Å². The monoisotopic (exact) mass is 392 g/mol. The summed E-state index contributed by atoms with van der Waals surface area (Å²) in [4.78, 5) is 4.26. The van der Waals surface area contributed by atoms with Crippen molar-refractivity contribution < 1.29 is 17.9 Å². The van der Waals surface area contributed by atoms with E-state index in [1.807, 2.05) is 6.07 Å². The molecule has 1 saturated heterocycles. The highest BCUT2D eigenvalue weighted by Crippen LogP contribution is 2.42. The van der Waals surface area contributed by atoms with Crippen molar-refractivity contribution in [1.29, 1.82) is 0 Å². The second-order valence-corrected chi connectivity index (χ2v) is 8.91. The predicted molar refractivity (Wildman–Crippen MR) is 103 cm³/mol. The number of pyridine rings is 1. The lowest BCUT2D eigenvalue weighted by molar-refractivity contribution is -0.137. The van der Waals surface area contributed by atoms with E-state index in [4.69, 9.17) is 10.5 Å². The third kappa shape index (κ3) is 3.90. The molecular formula is C22H27F3N2O. The highest BCUT2D eigenvalue weighted by molar-refractivity contribution is 5.83. The number of aromatic nitrogens is 1. The normalized spacial score (nSPS) is 26.0. The highest BCUT2D eigenvalue weighted by atomic mass is 19.4. The topological polar surface area (TPSA) is 48.1 Å². The molecule has 2 N–H and O–H groups in total. The lowest BCUT2D eigenvalue weighted by Crippen LogP contribution is -2.46. The molecule has 1 saturated carbocycles. The van der Waals surface area contributed by atoms with Gasteiger partial charge in [0.1, 0.15) is 0 Å². The maximum Gasteiger partial charge on any atom is 0.416 e. The van der Waals surface area contributed by atoms with Crippen molar-refractivity contribution in [2.45, 2.75) is 57.2 Å². The molecule has 0 amide bonds. The van der Waals surface area contributed by atoms with Crippen LogP contribution in [-0.4, -0.2) is 24.2 Å². The summed E-state index contributed by atoms with van der Waals surface area (Å²) >= 11 is 0. The maximum absolute atomic E-state index is 13.2. The third-order valence-corrected chi connectivity index (χ3v) is 6.55. The molecule has 6 heteroatoms. The molecule has 0 radical (unpaired) electrons. The van der Waals surface area contributed by atoms with Crippen molar-refractivity contribution in [3.8, 4) is 0 Å². The first kappa shape index (κ1) is 19.6. The van der Waals surface area contributed by atoms with Gasteiger partial charge in [0.2, 0.25) is 0 Å². The van der Waals surface area contributed by atoms with Gasteiger partial charge in [-0.1, -0.05) is 6.92 Å². The van der Waals surface area contributed by atoms with Crippen LogP contribution in [0.15, 0.2) is 30.5 Å². The Balaban J connectivity index is 1.49. The van der Waals surface area contributed by atoms with Crippen molar-refractivity contribution in [1.82, 2.24) is 4.98 Å². The molecule has 3 nitrogen and oxygen atoms in total. The molecular weight excluding hydrogens is 365 g/mol. The summed E-state index contributed by atoms with van der Waals surface area (Å²) in [6, 6.07) is 5.90. The van der Waals surface area contributed by atoms with Crippen LogP contribution in [0.5, 0.6) is 0 Å². The van der Waals surface area contributed by atoms with E-state index < -0.39 is 11.7 Å². The fourth-order valence-corrected chi connectivity index (χ4v) is 4.86. The average molecular weight is 392 g/mol. The van der Waals surface area contributed by atoms with Crippen molar-refractivity contribution in [2.24, 2.45) is 17.1 Å². The van der Waals surface area contributed by atoms with Crippen LogP contribution < -0.4 is 5.73 Å². The quantitative estimate of drug-likeness (QED) is 0.770. The largest absolute Gasteiger partial charge is 0.416 e. The minimum Gasteiger partial charge on any atom is -0.380 e. The van der Waals surface area contributed by atoms with Crippen LogP contribution in [0.1, 0.15) is 56.1 Å². The summed E-state index contributed by atoms with van der Waals surface area (Å²) in [6.45, 7) is 3.81. The van der Waals surface area contributed by atoms with E-state index in [-0.39, 0.29) is 17.4 Å². The number of fused-ring (bicyclic) bond motifs is 1. The van der Waals surface area contributed by atoms with Crippen LogP contribution in [0.3, 0.4) is 0 Å². The smallest absolute Gasteiger partial charge is 0.380 e. The molecule has 152 valence electrons. The second-order valence-electron chi connectivity index (χ2n) is 8.91. The lowest BCUT2D eigenvalue weighted by Gasteiger charge is -2.42. The zero-order chi connectivity index (χ0) is 19.9. The number of benzene rings is 1. The van der Waals surface area contributed by atoms with Crippen molar-refractivity contribution >= 4 is 10.9 Å². The molecule has 2 aliphatic rings. The van der Waals surface area contributed by atoms with Crippen molar-refractivity contribution in [3.05, 3.63) is 41.6 Å².